The molecule has 0 saturated carbocycles. The van der Waals surface area contributed by atoms with Gasteiger partial charge in [-0.05, 0) is 25.5 Å². The summed E-state index contributed by atoms with van der Waals surface area (Å²) in [6, 6.07) is 6.12. The van der Waals surface area contributed by atoms with E-state index < -0.39 is 15.9 Å². The minimum Gasteiger partial charge on any atom is -0.349 e. The zero-order valence-electron chi connectivity index (χ0n) is 10.7. The molecule has 6 heteroatoms. The highest BCUT2D eigenvalue weighted by Gasteiger charge is 2.13. The van der Waals surface area contributed by atoms with Crippen LogP contribution in [0.15, 0.2) is 33.5 Å². The lowest BCUT2D eigenvalue weighted by atomic mass is 10.2. The van der Waals surface area contributed by atoms with Gasteiger partial charge in [0.1, 0.15) is 9.92 Å². The number of carbonyl (C=O) groups excluding carboxylic acids is 1. The molecule has 0 fully saturated rings. The van der Waals surface area contributed by atoms with Gasteiger partial charge in [0, 0.05) is 6.54 Å². The molecular weight excluding hydrogens is 250 g/mol. The van der Waals surface area contributed by atoms with Crippen molar-refractivity contribution >= 4 is 15.9 Å². The molecule has 1 aromatic rings. The number of rotatable bonds is 5. The van der Waals surface area contributed by atoms with Crippen LogP contribution < -0.4 is 10.5 Å². The lowest BCUT2D eigenvalue weighted by molar-refractivity contribution is 0.257. The average Bonchev–Trinajstić information content (AvgIpc) is 2.29. The van der Waals surface area contributed by atoms with Gasteiger partial charge in [-0.15, -0.1) is 4.36 Å². The normalized spacial score (nSPS) is 13.9. The molecule has 1 rings (SSSR count). The fourth-order valence-corrected chi connectivity index (χ4v) is 2.92. The van der Waals surface area contributed by atoms with Crippen molar-refractivity contribution < 1.29 is 9.00 Å². The van der Waals surface area contributed by atoms with E-state index in [4.69, 9.17) is 5.73 Å². The maximum atomic E-state index is 12.6. The molecule has 0 bridgehead atoms. The van der Waals surface area contributed by atoms with E-state index in [1.54, 1.807) is 12.1 Å². The van der Waals surface area contributed by atoms with Crippen LogP contribution in [-0.2, 0) is 9.92 Å². The van der Waals surface area contributed by atoms with Crippen LogP contribution in [0.4, 0.5) is 4.79 Å². The highest BCUT2D eigenvalue weighted by atomic mass is 32.2. The highest BCUT2D eigenvalue weighted by molar-refractivity contribution is 7.92. The summed E-state index contributed by atoms with van der Waals surface area (Å²) in [6.45, 7) is 4.49. The van der Waals surface area contributed by atoms with Crippen molar-refractivity contribution in [2.24, 2.45) is 10.1 Å². The fraction of sp³-hybridized carbons (Fsp3) is 0.417. The van der Waals surface area contributed by atoms with E-state index in [2.05, 4.69) is 9.08 Å². The van der Waals surface area contributed by atoms with E-state index in [9.17, 15) is 9.00 Å². The van der Waals surface area contributed by atoms with Gasteiger partial charge in [-0.25, -0.2) is 13.7 Å². The van der Waals surface area contributed by atoms with Crippen LogP contribution in [0.5, 0.6) is 0 Å². The van der Waals surface area contributed by atoms with Gasteiger partial charge in [0.25, 0.3) is 0 Å². The molecule has 0 spiro atoms. The van der Waals surface area contributed by atoms with Crippen molar-refractivity contribution in [2.75, 3.05) is 6.54 Å². The smallest absolute Gasteiger partial charge is 0.347 e. The minimum absolute atomic E-state index is 0.475. The zero-order chi connectivity index (χ0) is 13.6. The topological polar surface area (TPSA) is 84.6 Å². The lowest BCUT2D eigenvalue weighted by Gasteiger charge is -2.11. The highest BCUT2D eigenvalue weighted by Crippen LogP contribution is 2.12. The van der Waals surface area contributed by atoms with E-state index in [0.29, 0.717) is 11.4 Å². The van der Waals surface area contributed by atoms with Gasteiger partial charge in [0.2, 0.25) is 0 Å². The Morgan fingerprint density at radius 1 is 1.39 bits per heavy atom. The Morgan fingerprint density at radius 3 is 2.50 bits per heavy atom. The van der Waals surface area contributed by atoms with Crippen molar-refractivity contribution in [1.29, 1.82) is 0 Å². The molecule has 0 heterocycles. The molecule has 1 aromatic carbocycles. The molecule has 2 amide bonds. The minimum atomic E-state index is -2.96. The van der Waals surface area contributed by atoms with E-state index in [-0.39, 0.29) is 0 Å². The third kappa shape index (κ3) is 4.12. The Kier molecular flexibility index (Phi) is 5.30. The first-order valence-electron chi connectivity index (χ1n) is 5.86. The molecule has 0 saturated heterocycles. The quantitative estimate of drug-likeness (QED) is 0.803. The number of nitrogens with zero attached hydrogens (tertiary/aromatic N) is 1. The Bertz CT molecular complexity index is 517. The number of benzene rings is 1. The maximum absolute atomic E-state index is 12.6. The third-order valence-electron chi connectivity index (χ3n) is 2.39. The summed E-state index contributed by atoms with van der Waals surface area (Å²) in [5.74, 6) is 0. The molecule has 0 radical (unpaired) electrons. The Labute approximate surface area is 108 Å². The van der Waals surface area contributed by atoms with Crippen molar-refractivity contribution in [3.05, 3.63) is 29.8 Å². The van der Waals surface area contributed by atoms with Crippen LogP contribution in [0.25, 0.3) is 0 Å². The van der Waals surface area contributed by atoms with Gasteiger partial charge in [0.15, 0.2) is 0 Å². The summed E-state index contributed by atoms with van der Waals surface area (Å²) in [6.07, 6.45) is 1.82. The van der Waals surface area contributed by atoms with Gasteiger partial charge in [-0.2, -0.15) is 0 Å². The predicted octanol–water partition coefficient (Wildman–Crippen LogP) is 2.21. The lowest BCUT2D eigenvalue weighted by Crippen LogP contribution is -2.26. The first-order valence-corrected chi connectivity index (χ1v) is 7.37. The zero-order valence-corrected chi connectivity index (χ0v) is 11.5. The van der Waals surface area contributed by atoms with Crippen LogP contribution in [0.1, 0.15) is 25.3 Å². The number of nitrogens with two attached hydrogens (primary N) is 1. The van der Waals surface area contributed by atoms with Crippen LogP contribution in [-0.4, -0.2) is 16.8 Å². The molecule has 0 aliphatic carbocycles. The fourth-order valence-electron chi connectivity index (χ4n) is 1.41. The molecule has 1 unspecified atom stereocenters. The molecule has 100 valence electrons. The van der Waals surface area contributed by atoms with Crippen molar-refractivity contribution in [3.63, 3.8) is 0 Å². The Balaban J connectivity index is 3.09. The van der Waals surface area contributed by atoms with Crippen molar-refractivity contribution in [2.45, 2.75) is 31.6 Å². The van der Waals surface area contributed by atoms with E-state index in [1.165, 1.54) is 0 Å². The summed E-state index contributed by atoms with van der Waals surface area (Å²) in [4.78, 5) is 11.4. The van der Waals surface area contributed by atoms with Crippen molar-refractivity contribution in [1.82, 2.24) is 4.72 Å². The number of primary amides is 1. The molecule has 0 aliphatic heterocycles. The summed E-state index contributed by atoms with van der Waals surface area (Å²) < 4.78 is 19.0. The standard InChI is InChI=1S/C12H19N3O2S/c1-3-4-9-14-18(17,15-12(13)16)11-7-5-10(2)6-8-11/h5-8H,3-4,9H2,1-2H3,(H3,13,14,15,16,17). The Hall–Kier alpha value is -1.40. The number of urea groups is 1. The second kappa shape index (κ2) is 6.51. The third-order valence-corrected chi connectivity index (χ3v) is 4.33. The molecular formula is C12H19N3O2S. The van der Waals surface area contributed by atoms with Gasteiger partial charge >= 0.3 is 6.03 Å². The van der Waals surface area contributed by atoms with Crippen LogP contribution in [0.3, 0.4) is 0 Å². The second-order valence-corrected chi connectivity index (χ2v) is 6.01. The molecule has 5 nitrogen and oxygen atoms in total. The predicted molar refractivity (Wildman–Crippen MR) is 72.5 cm³/mol. The van der Waals surface area contributed by atoms with Crippen molar-refractivity contribution in [3.8, 4) is 0 Å². The van der Waals surface area contributed by atoms with Gasteiger partial charge < -0.3 is 5.73 Å². The first kappa shape index (κ1) is 14.7. The second-order valence-electron chi connectivity index (χ2n) is 4.02. The summed E-state index contributed by atoms with van der Waals surface area (Å²) >= 11 is 0. The van der Waals surface area contributed by atoms with Gasteiger partial charge in [0.05, 0.1) is 4.90 Å². The number of nitrogens with one attached hydrogen (secondary N) is 1. The molecule has 0 aromatic heterocycles. The van der Waals surface area contributed by atoms with Crippen LogP contribution in [0.2, 0.25) is 0 Å². The number of amides is 2. The van der Waals surface area contributed by atoms with E-state index >= 15 is 0 Å². The molecule has 0 aliphatic rings. The largest absolute Gasteiger partial charge is 0.349 e. The van der Waals surface area contributed by atoms with Crippen LogP contribution >= 0.6 is 0 Å². The molecule has 3 N–H and O–H groups in total. The molecule has 18 heavy (non-hydrogen) atoms. The summed E-state index contributed by atoms with van der Waals surface area (Å²) in [5, 5.41) is 0. The number of hydrogen-bond donors (Lipinski definition) is 2. The maximum Gasteiger partial charge on any atom is 0.347 e. The monoisotopic (exact) mass is 269 g/mol. The number of aryl methyl sites for hydroxylation is 1. The summed E-state index contributed by atoms with van der Waals surface area (Å²) in [7, 11) is -2.96. The van der Waals surface area contributed by atoms with E-state index in [0.717, 1.165) is 18.4 Å². The van der Waals surface area contributed by atoms with Gasteiger partial charge in [-0.3, -0.25) is 0 Å². The van der Waals surface area contributed by atoms with Crippen LogP contribution in [0, 0.1) is 6.92 Å². The SMILES string of the molecule is CCCCNS(=O)(=NC(N)=O)c1ccc(C)cc1. The number of carbonyl (C=O) groups is 1. The first-order chi connectivity index (χ1) is 8.48. The van der Waals surface area contributed by atoms with Gasteiger partial charge in [-0.1, -0.05) is 31.0 Å². The number of unbranched alkanes of at least 4 members (excludes halogenated alkanes) is 1. The average molecular weight is 269 g/mol. The summed E-state index contributed by atoms with van der Waals surface area (Å²) in [5.41, 5.74) is 6.07. The Morgan fingerprint density at radius 2 is 2.00 bits per heavy atom. The number of hydrogen-bond acceptors (Lipinski definition) is 2. The van der Waals surface area contributed by atoms with E-state index in [1.807, 2.05) is 26.0 Å². The molecule has 1 atom stereocenters.